The SMILES string of the molecule is CC(C)C(=O)Oc1cc2ccc(C(C)(C)CN)cc2cc1OC(=O)C(C)C.Cl. The van der Waals surface area contributed by atoms with Gasteiger partial charge in [-0.1, -0.05) is 59.7 Å². The van der Waals surface area contributed by atoms with Crippen molar-refractivity contribution in [3.05, 3.63) is 35.9 Å². The Kier molecular flexibility index (Phi) is 8.03. The van der Waals surface area contributed by atoms with Crippen LogP contribution in [0.25, 0.3) is 10.8 Å². The molecule has 2 aromatic rings. The standard InChI is InChI=1S/C22H29NO4.ClH/c1-13(2)20(24)26-18-10-15-7-8-17(22(5,6)12-23)9-16(15)11-19(18)27-21(25)14(3)4;/h7-11,13-14H,12,23H2,1-6H3;1H. The normalized spacial score (nSPS) is 11.5. The third kappa shape index (κ3) is 5.46. The number of ether oxygens (including phenoxy) is 2. The fourth-order valence-electron chi connectivity index (χ4n) is 2.41. The molecule has 2 N–H and O–H groups in total. The second kappa shape index (κ2) is 9.39. The molecule has 0 aliphatic rings. The lowest BCUT2D eigenvalue weighted by Gasteiger charge is -2.23. The third-order valence-electron chi connectivity index (χ3n) is 4.56. The smallest absolute Gasteiger partial charge is 0.313 e. The van der Waals surface area contributed by atoms with Crippen LogP contribution in [0, 0.1) is 11.8 Å². The predicted octanol–water partition coefficient (Wildman–Crippen LogP) is 4.62. The summed E-state index contributed by atoms with van der Waals surface area (Å²) in [6, 6.07) is 9.49. The van der Waals surface area contributed by atoms with Gasteiger partial charge in [-0.05, 0) is 28.5 Å². The molecule has 0 fully saturated rings. The van der Waals surface area contributed by atoms with E-state index in [2.05, 4.69) is 13.8 Å². The van der Waals surface area contributed by atoms with Gasteiger partial charge in [0.2, 0.25) is 0 Å². The van der Waals surface area contributed by atoms with E-state index in [9.17, 15) is 9.59 Å². The molecule has 0 unspecified atom stereocenters. The van der Waals surface area contributed by atoms with Crippen LogP contribution in [0.1, 0.15) is 47.1 Å². The fourth-order valence-corrected chi connectivity index (χ4v) is 2.41. The number of esters is 2. The van der Waals surface area contributed by atoms with Crippen molar-refractivity contribution in [2.24, 2.45) is 17.6 Å². The highest BCUT2D eigenvalue weighted by Gasteiger charge is 2.21. The van der Waals surface area contributed by atoms with Gasteiger partial charge in [0.15, 0.2) is 11.5 Å². The second-order valence-electron chi connectivity index (χ2n) is 8.10. The van der Waals surface area contributed by atoms with Crippen LogP contribution in [0.15, 0.2) is 30.3 Å². The number of carbonyl (C=O) groups excluding carboxylic acids is 2. The molecule has 6 heteroatoms. The first-order valence-corrected chi connectivity index (χ1v) is 9.27. The van der Waals surface area contributed by atoms with Crippen molar-refractivity contribution in [2.45, 2.75) is 47.0 Å². The number of hydrogen-bond acceptors (Lipinski definition) is 5. The van der Waals surface area contributed by atoms with Crippen LogP contribution in [0.3, 0.4) is 0 Å². The Morgan fingerprint density at radius 3 is 1.79 bits per heavy atom. The van der Waals surface area contributed by atoms with E-state index in [1.165, 1.54) is 0 Å². The number of nitrogens with two attached hydrogens (primary N) is 1. The molecule has 0 amide bonds. The summed E-state index contributed by atoms with van der Waals surface area (Å²) in [7, 11) is 0. The molecule has 0 heterocycles. The van der Waals surface area contributed by atoms with Crippen LogP contribution >= 0.6 is 12.4 Å². The topological polar surface area (TPSA) is 78.6 Å². The Labute approximate surface area is 173 Å². The monoisotopic (exact) mass is 407 g/mol. The van der Waals surface area contributed by atoms with Crippen LogP contribution in [0.2, 0.25) is 0 Å². The molecule has 0 aliphatic carbocycles. The lowest BCUT2D eigenvalue weighted by Crippen LogP contribution is -2.27. The lowest BCUT2D eigenvalue weighted by atomic mass is 9.84. The molecule has 28 heavy (non-hydrogen) atoms. The summed E-state index contributed by atoms with van der Waals surface area (Å²) in [5.74, 6) is -0.843. The van der Waals surface area contributed by atoms with Gasteiger partial charge in [0.25, 0.3) is 0 Å². The lowest BCUT2D eigenvalue weighted by molar-refractivity contribution is -0.140. The van der Waals surface area contributed by atoms with Gasteiger partial charge in [0, 0.05) is 12.0 Å². The number of hydrogen-bond donors (Lipinski definition) is 1. The fraction of sp³-hybridized carbons (Fsp3) is 0.455. The molecule has 0 saturated heterocycles. The molecule has 0 bridgehead atoms. The van der Waals surface area contributed by atoms with Crippen LogP contribution in [0.5, 0.6) is 11.5 Å². The Hall–Kier alpha value is -2.11. The molecule has 154 valence electrons. The average molecular weight is 408 g/mol. The Morgan fingerprint density at radius 2 is 1.36 bits per heavy atom. The van der Waals surface area contributed by atoms with Gasteiger partial charge in [-0.3, -0.25) is 9.59 Å². The zero-order valence-corrected chi connectivity index (χ0v) is 18.2. The van der Waals surface area contributed by atoms with E-state index in [-0.39, 0.29) is 53.1 Å². The minimum absolute atomic E-state index is 0. The summed E-state index contributed by atoms with van der Waals surface area (Å²) < 4.78 is 11.0. The molecule has 0 spiro atoms. The molecule has 0 radical (unpaired) electrons. The van der Waals surface area contributed by atoms with Crippen molar-refractivity contribution in [3.63, 3.8) is 0 Å². The van der Waals surface area contributed by atoms with E-state index < -0.39 is 0 Å². The molecule has 0 saturated carbocycles. The van der Waals surface area contributed by atoms with Crippen molar-refractivity contribution in [1.82, 2.24) is 0 Å². The Balaban J connectivity index is 0.00000392. The maximum atomic E-state index is 12.1. The third-order valence-corrected chi connectivity index (χ3v) is 4.56. The number of carbonyl (C=O) groups is 2. The zero-order valence-electron chi connectivity index (χ0n) is 17.4. The molecule has 2 rings (SSSR count). The van der Waals surface area contributed by atoms with Crippen LogP contribution in [0.4, 0.5) is 0 Å². The molecule has 5 nitrogen and oxygen atoms in total. The maximum absolute atomic E-state index is 12.1. The quantitative estimate of drug-likeness (QED) is 0.558. The highest BCUT2D eigenvalue weighted by Crippen LogP contribution is 2.35. The molecule has 0 aliphatic heterocycles. The minimum atomic E-state index is -0.380. The van der Waals surface area contributed by atoms with Crippen LogP contribution < -0.4 is 15.2 Å². The zero-order chi connectivity index (χ0) is 20.4. The first kappa shape index (κ1) is 23.9. The highest BCUT2D eigenvalue weighted by atomic mass is 35.5. The summed E-state index contributed by atoms with van der Waals surface area (Å²) >= 11 is 0. The second-order valence-corrected chi connectivity index (χ2v) is 8.10. The van der Waals surface area contributed by atoms with E-state index >= 15 is 0 Å². The molecule has 2 aromatic carbocycles. The van der Waals surface area contributed by atoms with Crippen molar-refractivity contribution in [2.75, 3.05) is 6.54 Å². The Bertz CT molecular complexity index is 859. The van der Waals surface area contributed by atoms with Gasteiger partial charge in [-0.2, -0.15) is 0 Å². The van der Waals surface area contributed by atoms with Crippen molar-refractivity contribution in [1.29, 1.82) is 0 Å². The van der Waals surface area contributed by atoms with Crippen molar-refractivity contribution >= 4 is 35.1 Å². The average Bonchev–Trinajstić information content (AvgIpc) is 2.61. The van der Waals surface area contributed by atoms with Gasteiger partial charge in [0.05, 0.1) is 11.8 Å². The highest BCUT2D eigenvalue weighted by molar-refractivity contribution is 5.89. The first-order valence-electron chi connectivity index (χ1n) is 9.27. The summed E-state index contributed by atoms with van der Waals surface area (Å²) in [4.78, 5) is 24.2. The van der Waals surface area contributed by atoms with Crippen LogP contribution in [-0.2, 0) is 15.0 Å². The van der Waals surface area contributed by atoms with E-state index in [4.69, 9.17) is 15.2 Å². The predicted molar refractivity (Wildman–Crippen MR) is 114 cm³/mol. The van der Waals surface area contributed by atoms with E-state index in [1.54, 1.807) is 39.8 Å². The van der Waals surface area contributed by atoms with Crippen molar-refractivity contribution < 1.29 is 19.1 Å². The van der Waals surface area contributed by atoms with E-state index in [0.717, 1.165) is 16.3 Å². The maximum Gasteiger partial charge on any atom is 0.313 e. The number of fused-ring (bicyclic) bond motifs is 1. The van der Waals surface area contributed by atoms with Gasteiger partial charge < -0.3 is 15.2 Å². The van der Waals surface area contributed by atoms with Crippen molar-refractivity contribution in [3.8, 4) is 11.5 Å². The summed E-state index contributed by atoms with van der Waals surface area (Å²) in [6.07, 6.45) is 0. The summed E-state index contributed by atoms with van der Waals surface area (Å²) in [6.45, 7) is 11.7. The molecule has 0 atom stereocenters. The van der Waals surface area contributed by atoms with Gasteiger partial charge in [0.1, 0.15) is 0 Å². The Morgan fingerprint density at radius 1 is 0.893 bits per heavy atom. The number of halogens is 1. The molecule has 0 aromatic heterocycles. The van der Waals surface area contributed by atoms with Crippen LogP contribution in [-0.4, -0.2) is 18.5 Å². The van der Waals surface area contributed by atoms with Gasteiger partial charge in [-0.15, -0.1) is 12.4 Å². The molecular weight excluding hydrogens is 378 g/mol. The summed E-state index contributed by atoms with van der Waals surface area (Å²) in [5, 5.41) is 1.78. The van der Waals surface area contributed by atoms with Gasteiger partial charge in [-0.25, -0.2) is 0 Å². The van der Waals surface area contributed by atoms with E-state index in [0.29, 0.717) is 6.54 Å². The molecular formula is C22H30ClNO4. The number of benzene rings is 2. The van der Waals surface area contributed by atoms with Gasteiger partial charge >= 0.3 is 11.9 Å². The summed E-state index contributed by atoms with van der Waals surface area (Å²) in [5.41, 5.74) is 6.81. The van der Waals surface area contributed by atoms with E-state index in [1.807, 2.05) is 18.2 Å². The minimum Gasteiger partial charge on any atom is -0.422 e. The first-order chi connectivity index (χ1) is 12.5. The number of rotatable bonds is 6. The largest absolute Gasteiger partial charge is 0.422 e.